The van der Waals surface area contributed by atoms with E-state index in [-0.39, 0.29) is 16.5 Å². The summed E-state index contributed by atoms with van der Waals surface area (Å²) in [6.07, 6.45) is -2.33. The van der Waals surface area contributed by atoms with E-state index in [4.69, 9.17) is 19.8 Å². The smallest absolute Gasteiger partial charge is 0.652 e. The van der Waals surface area contributed by atoms with Crippen LogP contribution >= 0.6 is 0 Å². The number of carbonyl (C=O) groups excluding carboxylic acids is 2. The molecule has 0 saturated heterocycles. The topological polar surface area (TPSA) is 80.3 Å². The number of carbonyl (C=O) groups is 1. The summed E-state index contributed by atoms with van der Waals surface area (Å²) in [6, 6.07) is 0. The molecule has 0 spiro atoms. The first-order valence-electron chi connectivity index (χ1n) is 0.816. The van der Waals surface area contributed by atoms with Gasteiger partial charge in [0.25, 0.3) is 6.79 Å². The van der Waals surface area contributed by atoms with Crippen LogP contribution < -0.4 is 10.2 Å². The van der Waals surface area contributed by atoms with E-state index < -0.39 is 6.16 Å². The van der Waals surface area contributed by atoms with E-state index in [0.29, 0.717) is 0 Å². The van der Waals surface area contributed by atoms with Gasteiger partial charge in [0.15, 0.2) is 0 Å². The van der Waals surface area contributed by atoms with Gasteiger partial charge in [-0.05, 0) is 6.16 Å². The van der Waals surface area contributed by atoms with E-state index in [0.717, 1.165) is 0 Å². The Hall–Kier alpha value is -0.566. The van der Waals surface area contributed by atoms with Crippen molar-refractivity contribution in [2.24, 2.45) is 0 Å². The Morgan fingerprint density at radius 2 is 1.29 bits per heavy atom. The molecule has 7 heavy (non-hydrogen) atoms. The molecule has 0 aromatic carbocycles. The summed E-state index contributed by atoms with van der Waals surface area (Å²) in [6.45, 7) is 4.50. The maximum Gasteiger partial charge on any atom is 2.00 e. The minimum absolute atomic E-state index is 0. The molecule has 0 N–H and O–H groups in total. The second-order valence-corrected chi connectivity index (χ2v) is 0.250. The molecule has 0 aliphatic carbocycles. The molecule has 0 aromatic rings. The Labute approximate surface area is 50.1 Å². The Kier molecular flexibility index (Phi) is 41.5. The van der Waals surface area contributed by atoms with Gasteiger partial charge in [0.05, 0.1) is 0 Å². The summed E-state index contributed by atoms with van der Waals surface area (Å²) in [5.41, 5.74) is 0. The minimum Gasteiger partial charge on any atom is -0.652 e. The summed E-state index contributed by atoms with van der Waals surface area (Å²) in [7, 11) is 0. The van der Waals surface area contributed by atoms with Crippen LogP contribution in [-0.2, 0) is 21.3 Å². The van der Waals surface area contributed by atoms with Gasteiger partial charge < -0.3 is 15.0 Å². The van der Waals surface area contributed by atoms with E-state index in [1.54, 1.807) is 0 Å². The maximum absolute atomic E-state index is 8.33. The second-order valence-electron chi connectivity index (χ2n) is 0.250. The van der Waals surface area contributed by atoms with E-state index >= 15 is 0 Å². The quantitative estimate of drug-likeness (QED) is 0.345. The summed E-state index contributed by atoms with van der Waals surface area (Å²) in [4.78, 5) is 15.8. The van der Waals surface area contributed by atoms with Gasteiger partial charge in [0, 0.05) is 0 Å². The van der Waals surface area contributed by atoms with Gasteiger partial charge in [-0.15, -0.1) is 0 Å². The zero-order chi connectivity index (χ0) is 5.58. The van der Waals surface area contributed by atoms with Gasteiger partial charge in [0.1, 0.15) is 0 Å². The first kappa shape index (κ1) is 16.1. The van der Waals surface area contributed by atoms with E-state index in [1.807, 2.05) is 0 Å². The first-order chi connectivity index (χ1) is 2.73. The molecule has 0 saturated carbocycles. The van der Waals surface area contributed by atoms with Crippen LogP contribution in [0.3, 0.4) is 0 Å². The molecule has 5 heteroatoms. The summed E-state index contributed by atoms with van der Waals surface area (Å²) in [5.74, 6) is 0. The SMILES string of the molecule is O=C([O-])[O-].[C]=O.[Ni+2]. The third kappa shape index (κ3) is 200. The van der Waals surface area contributed by atoms with Crippen LogP contribution in [0.2, 0.25) is 0 Å². The molecule has 0 amide bonds. The second kappa shape index (κ2) is 18.0. The minimum atomic E-state index is -2.33. The van der Waals surface area contributed by atoms with Gasteiger partial charge in [-0.3, -0.25) is 4.79 Å². The van der Waals surface area contributed by atoms with Crippen molar-refractivity contribution in [3.05, 3.63) is 0 Å². The zero-order valence-electron chi connectivity index (χ0n) is 2.95. The standard InChI is InChI=1S/CH2O3.CO.Ni/c2-1(3)4;1-2;/h(H2,2,3,4);;/q;;+2/p-2. The van der Waals surface area contributed by atoms with Crippen molar-refractivity contribution in [3.63, 3.8) is 0 Å². The molecule has 4 nitrogen and oxygen atoms in total. The van der Waals surface area contributed by atoms with Crippen molar-refractivity contribution in [2.75, 3.05) is 0 Å². The largest absolute Gasteiger partial charge is 2.00 e. The molecule has 0 bridgehead atoms. The fourth-order valence-electron chi connectivity index (χ4n) is 0. The average molecular weight is 147 g/mol. The maximum atomic E-state index is 8.33. The molecular formula is C2NiO4. The zero-order valence-corrected chi connectivity index (χ0v) is 3.94. The van der Waals surface area contributed by atoms with Gasteiger partial charge >= 0.3 is 16.5 Å². The summed E-state index contributed by atoms with van der Waals surface area (Å²) in [5, 5.41) is 16.7. The molecule has 0 rings (SSSR count). The van der Waals surface area contributed by atoms with Crippen molar-refractivity contribution in [2.45, 2.75) is 0 Å². The van der Waals surface area contributed by atoms with Crippen LogP contribution in [0.1, 0.15) is 0 Å². The Balaban J connectivity index is -0.0000000480. The molecule has 0 aliphatic rings. The van der Waals surface area contributed by atoms with Crippen molar-refractivity contribution in [3.8, 4) is 0 Å². The van der Waals surface area contributed by atoms with Gasteiger partial charge in [0.2, 0.25) is 0 Å². The van der Waals surface area contributed by atoms with E-state index in [2.05, 4.69) is 6.79 Å². The van der Waals surface area contributed by atoms with Crippen LogP contribution in [0.4, 0.5) is 4.79 Å². The number of carboxylic acid groups (broad SMARTS) is 2. The Morgan fingerprint density at radius 3 is 1.29 bits per heavy atom. The summed E-state index contributed by atoms with van der Waals surface area (Å²) < 4.78 is 0. The van der Waals surface area contributed by atoms with Crippen LogP contribution in [-0.4, -0.2) is 12.9 Å². The van der Waals surface area contributed by atoms with Crippen molar-refractivity contribution in [1.29, 1.82) is 0 Å². The molecule has 0 aromatic heterocycles. The predicted octanol–water partition coefficient (Wildman–Crippen LogP) is -2.85. The predicted molar refractivity (Wildman–Crippen MR) is 11.1 cm³/mol. The third-order valence-corrected chi connectivity index (χ3v) is 0. The van der Waals surface area contributed by atoms with Crippen molar-refractivity contribution in [1.82, 2.24) is 0 Å². The number of hydrogen-bond donors (Lipinski definition) is 0. The Morgan fingerprint density at radius 1 is 1.29 bits per heavy atom. The van der Waals surface area contributed by atoms with E-state index in [1.165, 1.54) is 0 Å². The fourth-order valence-corrected chi connectivity index (χ4v) is 0. The average Bonchev–Trinajstić information content (AvgIpc) is 1.41. The summed E-state index contributed by atoms with van der Waals surface area (Å²) >= 11 is 0. The molecule has 0 aliphatic heterocycles. The van der Waals surface area contributed by atoms with Crippen LogP contribution in [0.15, 0.2) is 0 Å². The molecule has 0 fully saturated rings. The molecule has 0 heterocycles. The first-order valence-corrected chi connectivity index (χ1v) is 0.816. The van der Waals surface area contributed by atoms with Gasteiger partial charge in [-0.25, -0.2) is 0 Å². The molecule has 0 atom stereocenters. The molecule has 2 radical (unpaired) electrons. The normalized spacial score (nSPS) is 4.00. The van der Waals surface area contributed by atoms with Crippen LogP contribution in [0.25, 0.3) is 0 Å². The fraction of sp³-hybridized carbons (Fsp3) is 0. The van der Waals surface area contributed by atoms with E-state index in [9.17, 15) is 0 Å². The van der Waals surface area contributed by atoms with Crippen molar-refractivity contribution >= 4 is 12.9 Å². The third-order valence-electron chi connectivity index (χ3n) is 0. The van der Waals surface area contributed by atoms with Crippen LogP contribution in [0.5, 0.6) is 0 Å². The van der Waals surface area contributed by atoms with Gasteiger partial charge in [-0.1, -0.05) is 0 Å². The van der Waals surface area contributed by atoms with Crippen LogP contribution in [0, 0.1) is 0 Å². The monoisotopic (exact) mass is 146 g/mol. The molecule has 0 unspecified atom stereocenters. The molecule has 42 valence electrons. The number of rotatable bonds is 0. The van der Waals surface area contributed by atoms with Gasteiger partial charge in [-0.2, -0.15) is 0 Å². The Bertz CT molecular complexity index is 41.0. The molecular weight excluding hydrogens is 147 g/mol. The van der Waals surface area contributed by atoms with Crippen molar-refractivity contribution < 1.29 is 36.3 Å². The number of hydrogen-bond acceptors (Lipinski definition) is 4.